The van der Waals surface area contributed by atoms with Crippen molar-refractivity contribution in [3.8, 4) is 0 Å². The summed E-state index contributed by atoms with van der Waals surface area (Å²) in [4.78, 5) is 52.4. The van der Waals surface area contributed by atoms with E-state index in [1.165, 1.54) is 6.08 Å². The molecule has 2 amide bonds. The smallest absolute Gasteiger partial charge is 0.458 e. The molecule has 0 aromatic heterocycles. The normalized spacial score (nSPS) is 9.68. The molecule has 0 aliphatic heterocycles. The van der Waals surface area contributed by atoms with E-state index < -0.39 is 36.2 Å². The van der Waals surface area contributed by atoms with Gasteiger partial charge in [0.1, 0.15) is 6.73 Å². The third kappa shape index (κ3) is 21.0. The van der Waals surface area contributed by atoms with Crippen molar-refractivity contribution in [2.75, 3.05) is 28.0 Å². The maximum atomic E-state index is 11.1. The van der Waals surface area contributed by atoms with Gasteiger partial charge in [0, 0.05) is 53.7 Å². The van der Waals surface area contributed by atoms with Crippen LogP contribution in [0.4, 0.5) is 0 Å². The van der Waals surface area contributed by atoms with Crippen molar-refractivity contribution in [1.82, 2.24) is 10.6 Å². The van der Waals surface area contributed by atoms with E-state index in [4.69, 9.17) is 13.3 Å². The second-order valence-corrected chi connectivity index (χ2v) is 10.4. The lowest BCUT2D eigenvalue weighted by molar-refractivity contribution is -0.145. The second-order valence-electron chi connectivity index (χ2n) is 5.96. The predicted octanol–water partition coefficient (Wildman–Crippen LogP) is 0.216. The number of carbonyl (C=O) groups is 5. The zero-order chi connectivity index (χ0) is 27.3. The van der Waals surface area contributed by atoms with Gasteiger partial charge in [-0.3, -0.25) is 24.0 Å². The van der Waals surface area contributed by atoms with Crippen molar-refractivity contribution in [3.05, 3.63) is 24.8 Å². The summed E-state index contributed by atoms with van der Waals surface area (Å²) in [5.41, 5.74) is 0.442. The van der Waals surface area contributed by atoms with Gasteiger partial charge in [-0.1, -0.05) is 20.1 Å². The molecule has 196 valence electrons. The predicted molar refractivity (Wildman–Crippen MR) is 126 cm³/mol. The van der Waals surface area contributed by atoms with Crippen LogP contribution in [-0.4, -0.2) is 76.1 Å². The van der Waals surface area contributed by atoms with E-state index in [-0.39, 0.29) is 18.5 Å². The Morgan fingerprint density at radius 2 is 1.32 bits per heavy atom. The first-order valence-corrected chi connectivity index (χ1v) is 13.1. The van der Waals surface area contributed by atoms with Gasteiger partial charge in [0.05, 0.1) is 0 Å². The van der Waals surface area contributed by atoms with Gasteiger partial charge in [-0.2, -0.15) is 0 Å². The first-order valence-electron chi connectivity index (χ1n) is 9.77. The van der Waals surface area contributed by atoms with E-state index in [0.717, 1.165) is 20.8 Å². The Morgan fingerprint density at radius 3 is 1.53 bits per heavy atom. The van der Waals surface area contributed by atoms with Crippen molar-refractivity contribution in [2.45, 2.75) is 40.7 Å². The van der Waals surface area contributed by atoms with E-state index in [9.17, 15) is 24.0 Å². The van der Waals surface area contributed by atoms with Gasteiger partial charge in [0.25, 0.3) is 17.9 Å². The molecule has 0 bridgehead atoms. The maximum Gasteiger partial charge on any atom is 0.689 e. The van der Waals surface area contributed by atoms with Crippen LogP contribution >= 0.6 is 0 Å². The van der Waals surface area contributed by atoms with Crippen LogP contribution in [0.3, 0.4) is 0 Å². The number of rotatable bonds is 11. The van der Waals surface area contributed by atoms with Crippen LogP contribution in [0.2, 0.25) is 6.04 Å². The minimum atomic E-state index is -2.96. The van der Waals surface area contributed by atoms with Gasteiger partial charge in [0.2, 0.25) is 11.8 Å². The summed E-state index contributed by atoms with van der Waals surface area (Å²) >= 11 is 0. The number of hydrogen-bond acceptors (Lipinski definition) is 11. The highest BCUT2D eigenvalue weighted by Crippen LogP contribution is 2.11. The van der Waals surface area contributed by atoms with Crippen molar-refractivity contribution >= 4 is 48.1 Å². The van der Waals surface area contributed by atoms with E-state index in [1.54, 1.807) is 28.2 Å². The van der Waals surface area contributed by atoms with Gasteiger partial charge in [0.15, 0.2) is 0 Å². The third-order valence-corrected chi connectivity index (χ3v) is 7.45. The molecule has 0 aliphatic rings. The highest BCUT2D eigenvalue weighted by molar-refractivity contribution is 6.60. The highest BCUT2D eigenvalue weighted by atomic mass is 28.4. The number of nitrogens with one attached hydrogen (secondary N) is 2. The zero-order valence-electron chi connectivity index (χ0n) is 21.0. The average Bonchev–Trinajstić information content (AvgIpc) is 2.75. The average molecular weight is 525 g/mol. The molecule has 0 heterocycles. The Balaban J connectivity index is -0.000000461. The minimum absolute atomic E-state index is 0.0768. The van der Waals surface area contributed by atoms with Crippen molar-refractivity contribution in [2.24, 2.45) is 0 Å². The fraction of sp³-hybridized carbons (Fsp3) is 0.526. The number of hydrogen-bond donors (Lipinski definition) is 2. The Kier molecular flexibility index (Phi) is 21.8. The largest absolute Gasteiger partial charge is 0.689 e. The van der Waals surface area contributed by atoms with E-state index in [0.29, 0.717) is 11.6 Å². The molecular formula is C19H36N2O11Si2. The van der Waals surface area contributed by atoms with Crippen LogP contribution in [0.5, 0.6) is 0 Å². The Hall–Kier alpha value is -2.86. The molecule has 0 aliphatic carbocycles. The molecule has 0 saturated heterocycles. The maximum absolute atomic E-state index is 11.1. The van der Waals surface area contributed by atoms with Gasteiger partial charge < -0.3 is 37.2 Å². The van der Waals surface area contributed by atoms with Crippen molar-refractivity contribution in [1.29, 1.82) is 0 Å². The molecule has 15 heteroatoms. The molecule has 13 nitrogen and oxygen atoms in total. The summed E-state index contributed by atoms with van der Waals surface area (Å²) < 4.78 is 29.3. The molecule has 2 N–H and O–H groups in total. The quantitative estimate of drug-likeness (QED) is 0.216. The van der Waals surface area contributed by atoms with Crippen LogP contribution in [-0.2, 0) is 50.5 Å². The Labute approximate surface area is 203 Å². The zero-order valence-corrected chi connectivity index (χ0v) is 23.1. The summed E-state index contributed by atoms with van der Waals surface area (Å²) in [6, 6.07) is 0.656. The Morgan fingerprint density at radius 1 is 0.912 bits per heavy atom. The fourth-order valence-corrected chi connectivity index (χ4v) is 3.97. The van der Waals surface area contributed by atoms with E-state index in [2.05, 4.69) is 37.1 Å². The lowest BCUT2D eigenvalue weighted by Gasteiger charge is -2.24. The van der Waals surface area contributed by atoms with Crippen LogP contribution in [0.15, 0.2) is 24.8 Å². The van der Waals surface area contributed by atoms with Crippen LogP contribution in [0, 0.1) is 0 Å². The molecular weight excluding hydrogens is 488 g/mol. The first-order chi connectivity index (χ1) is 15.7. The summed E-state index contributed by atoms with van der Waals surface area (Å²) in [5, 5.41) is 4.91. The molecule has 0 saturated carbocycles. The molecule has 0 spiro atoms. The van der Waals surface area contributed by atoms with E-state index >= 15 is 0 Å². The monoisotopic (exact) mass is 524 g/mol. The van der Waals surface area contributed by atoms with Crippen LogP contribution < -0.4 is 10.6 Å². The second kappa shape index (κ2) is 20.7. The number of carbonyl (C=O) groups excluding carboxylic acids is 5. The van der Waals surface area contributed by atoms with Crippen LogP contribution in [0.25, 0.3) is 0 Å². The first kappa shape index (κ1) is 35.7. The fourth-order valence-electron chi connectivity index (χ4n) is 1.54. The summed E-state index contributed by atoms with van der Waals surface area (Å²) in [6.07, 6.45) is 1.22. The SMILES string of the molecule is C=C(C)C(=O)NCO[Si](CC)(OC)OC.C=CC(=O)NC.CC(=O)O[SiH](OC(C)=O)OC(C)=O. The van der Waals surface area contributed by atoms with E-state index in [1.807, 2.05) is 6.92 Å². The molecule has 0 radical (unpaired) electrons. The van der Waals surface area contributed by atoms with Gasteiger partial charge in [-0.15, -0.1) is 0 Å². The lowest BCUT2D eigenvalue weighted by atomic mass is 10.3. The molecule has 34 heavy (non-hydrogen) atoms. The minimum Gasteiger partial charge on any atom is -0.458 e. The molecule has 0 atom stereocenters. The number of likely N-dealkylation sites (N-methyl/N-ethyl adjacent to an activating group) is 1. The summed E-state index contributed by atoms with van der Waals surface area (Å²) in [7, 11) is -0.877. The van der Waals surface area contributed by atoms with Gasteiger partial charge >= 0.3 is 18.3 Å². The summed E-state index contributed by atoms with van der Waals surface area (Å²) in [5.74, 6) is -2.34. The van der Waals surface area contributed by atoms with Crippen molar-refractivity contribution in [3.63, 3.8) is 0 Å². The molecule has 0 aromatic rings. The molecule has 0 aromatic carbocycles. The van der Waals surface area contributed by atoms with Crippen LogP contribution in [0.1, 0.15) is 34.6 Å². The molecule has 0 rings (SSSR count). The van der Waals surface area contributed by atoms with Crippen molar-refractivity contribution < 1.29 is 50.5 Å². The van der Waals surface area contributed by atoms with Gasteiger partial charge in [-0.05, 0) is 13.0 Å². The number of amides is 2. The molecule has 0 fully saturated rings. The standard InChI is InChI=1S/C9H19NO4Si.C6H10O6Si.C4H7NO/c1-6-15(12-4,13-5)14-7-10-9(11)8(2)3;1-4(7)10-13(11-5(2)8)12-6(3)9;1-3-4(6)5-2/h2,6-7H2,1,3-5H3,(H,10,11);13H,1-3H3;3H,1H2,2H3,(H,5,6). The third-order valence-electron chi connectivity index (χ3n) is 3.19. The van der Waals surface area contributed by atoms with Gasteiger partial charge in [-0.25, -0.2) is 0 Å². The summed E-state index contributed by atoms with van der Waals surface area (Å²) in [6.45, 7) is 13.8. The topological polar surface area (TPSA) is 165 Å². The highest BCUT2D eigenvalue weighted by Gasteiger charge is 2.36. The molecule has 0 unspecified atom stereocenters. The lowest BCUT2D eigenvalue weighted by Crippen LogP contribution is -2.46. The Bertz CT molecular complexity index is 651.